The zero-order valence-electron chi connectivity index (χ0n) is 17.4. The molecule has 0 fully saturated rings. The maximum absolute atomic E-state index is 6.68. The minimum Gasteiger partial charge on any atom is -0.453 e. The number of pyridine rings is 1. The molecule has 4 aromatic rings. The summed E-state index contributed by atoms with van der Waals surface area (Å²) in [5.41, 5.74) is 8.39. The molecule has 0 unspecified atom stereocenters. The highest BCUT2D eigenvalue weighted by Crippen LogP contribution is 2.51. The Bertz CT molecular complexity index is 1210. The van der Waals surface area contributed by atoms with E-state index in [1.54, 1.807) is 0 Å². The molecule has 2 heterocycles. The second-order valence-corrected chi connectivity index (χ2v) is 9.59. The van der Waals surface area contributed by atoms with E-state index in [9.17, 15) is 0 Å². The van der Waals surface area contributed by atoms with Crippen molar-refractivity contribution in [3.05, 3.63) is 65.4 Å². The van der Waals surface area contributed by atoms with E-state index in [2.05, 4.69) is 76.0 Å². The van der Waals surface area contributed by atoms with Gasteiger partial charge in [0.15, 0.2) is 5.58 Å². The van der Waals surface area contributed by atoms with Gasteiger partial charge in [0, 0.05) is 28.1 Å². The van der Waals surface area contributed by atoms with Crippen molar-refractivity contribution < 1.29 is 4.42 Å². The second-order valence-electron chi connectivity index (χ2n) is 9.59. The first-order chi connectivity index (χ1) is 13.3. The van der Waals surface area contributed by atoms with Crippen molar-refractivity contribution in [1.29, 1.82) is 0 Å². The lowest BCUT2D eigenvalue weighted by atomic mass is 9.62. The maximum atomic E-state index is 6.68. The Morgan fingerprint density at radius 3 is 2.36 bits per heavy atom. The van der Waals surface area contributed by atoms with Crippen molar-refractivity contribution in [3.63, 3.8) is 0 Å². The predicted molar refractivity (Wildman–Crippen MR) is 117 cm³/mol. The number of hydrogen-bond acceptors (Lipinski definition) is 2. The van der Waals surface area contributed by atoms with Crippen LogP contribution in [-0.4, -0.2) is 4.98 Å². The van der Waals surface area contributed by atoms with Gasteiger partial charge in [-0.1, -0.05) is 64.1 Å². The first-order valence-electron chi connectivity index (χ1n) is 10.2. The van der Waals surface area contributed by atoms with Crippen LogP contribution in [0, 0.1) is 6.92 Å². The molecule has 2 heteroatoms. The summed E-state index contributed by atoms with van der Waals surface area (Å²) in [5, 5.41) is 2.42. The molecule has 0 saturated heterocycles. The molecule has 5 rings (SSSR count). The number of benzene rings is 2. The maximum Gasteiger partial charge on any atom is 0.161 e. The molecule has 0 atom stereocenters. The van der Waals surface area contributed by atoms with Crippen molar-refractivity contribution in [3.8, 4) is 11.3 Å². The highest BCUT2D eigenvalue weighted by atomic mass is 16.3. The van der Waals surface area contributed by atoms with Gasteiger partial charge in [-0.3, -0.25) is 4.98 Å². The summed E-state index contributed by atoms with van der Waals surface area (Å²) in [6.45, 7) is 11.7. The van der Waals surface area contributed by atoms with Crippen LogP contribution in [0.5, 0.6) is 0 Å². The molecule has 142 valence electrons. The van der Waals surface area contributed by atoms with Crippen LogP contribution in [0.3, 0.4) is 0 Å². The summed E-state index contributed by atoms with van der Waals surface area (Å²) in [7, 11) is 0. The Balaban J connectivity index is 1.94. The third kappa shape index (κ3) is 2.37. The number of aryl methyl sites for hydroxylation is 1. The number of hydrogen-bond donors (Lipinski definition) is 0. The quantitative estimate of drug-likeness (QED) is 0.352. The van der Waals surface area contributed by atoms with Crippen molar-refractivity contribution in [1.82, 2.24) is 4.98 Å². The lowest BCUT2D eigenvalue weighted by Crippen LogP contribution is -2.34. The minimum atomic E-state index is 0.102. The normalized spacial score (nSPS) is 17.8. The number of furan rings is 1. The van der Waals surface area contributed by atoms with E-state index < -0.39 is 0 Å². The third-order valence-electron chi connectivity index (χ3n) is 6.68. The van der Waals surface area contributed by atoms with Gasteiger partial charge in [0.2, 0.25) is 0 Å². The van der Waals surface area contributed by atoms with E-state index >= 15 is 0 Å². The average molecular weight is 370 g/mol. The molecule has 0 spiro atoms. The lowest BCUT2D eigenvalue weighted by Gasteiger charge is -2.41. The zero-order chi connectivity index (χ0) is 19.7. The first-order valence-corrected chi connectivity index (χ1v) is 10.2. The van der Waals surface area contributed by atoms with E-state index in [1.165, 1.54) is 40.3 Å². The van der Waals surface area contributed by atoms with Gasteiger partial charge in [-0.2, -0.15) is 0 Å². The van der Waals surface area contributed by atoms with Gasteiger partial charge in [-0.05, 0) is 47.8 Å². The Hall–Kier alpha value is -2.61. The van der Waals surface area contributed by atoms with E-state index in [1.807, 2.05) is 12.3 Å². The number of rotatable bonds is 1. The molecule has 28 heavy (non-hydrogen) atoms. The second kappa shape index (κ2) is 5.70. The monoisotopic (exact) mass is 369 g/mol. The lowest BCUT2D eigenvalue weighted by molar-refractivity contribution is 0.331. The van der Waals surface area contributed by atoms with Crippen LogP contribution in [0.1, 0.15) is 57.2 Å². The van der Waals surface area contributed by atoms with Crippen LogP contribution in [-0.2, 0) is 10.8 Å². The summed E-state index contributed by atoms with van der Waals surface area (Å²) >= 11 is 0. The number of fused-ring (bicyclic) bond motifs is 5. The Morgan fingerprint density at radius 2 is 1.61 bits per heavy atom. The summed E-state index contributed by atoms with van der Waals surface area (Å²) in [5.74, 6) is 0. The molecule has 2 aromatic heterocycles. The highest BCUT2D eigenvalue weighted by molar-refractivity contribution is 6.11. The van der Waals surface area contributed by atoms with Crippen LogP contribution in [0.15, 0.2) is 53.1 Å². The summed E-state index contributed by atoms with van der Waals surface area (Å²) in [6.07, 6.45) is 4.29. The fraction of sp³-hybridized carbons (Fsp3) is 0.346. The summed E-state index contributed by atoms with van der Waals surface area (Å²) in [4.78, 5) is 4.69. The first kappa shape index (κ1) is 17.5. The minimum absolute atomic E-state index is 0.102. The van der Waals surface area contributed by atoms with Crippen LogP contribution < -0.4 is 0 Å². The van der Waals surface area contributed by atoms with Crippen LogP contribution >= 0.6 is 0 Å². The van der Waals surface area contributed by atoms with Gasteiger partial charge in [0.25, 0.3) is 0 Å². The molecule has 1 aliphatic rings. The molecular weight excluding hydrogens is 342 g/mol. The Kier molecular flexibility index (Phi) is 3.56. The fourth-order valence-electron chi connectivity index (χ4n) is 4.97. The van der Waals surface area contributed by atoms with Gasteiger partial charge in [-0.25, -0.2) is 0 Å². The average Bonchev–Trinajstić information content (AvgIpc) is 3.06. The molecule has 0 radical (unpaired) electrons. The molecule has 1 aliphatic carbocycles. The Morgan fingerprint density at radius 1 is 0.893 bits per heavy atom. The predicted octanol–water partition coefficient (Wildman–Crippen LogP) is 7.31. The van der Waals surface area contributed by atoms with Gasteiger partial charge in [-0.15, -0.1) is 0 Å². The third-order valence-corrected chi connectivity index (χ3v) is 6.68. The zero-order valence-corrected chi connectivity index (χ0v) is 17.4. The largest absolute Gasteiger partial charge is 0.453 e. The van der Waals surface area contributed by atoms with Gasteiger partial charge < -0.3 is 4.42 Å². The molecule has 0 N–H and O–H groups in total. The van der Waals surface area contributed by atoms with E-state index in [0.29, 0.717) is 0 Å². The number of nitrogens with zero attached hydrogens (tertiary/aromatic N) is 1. The van der Waals surface area contributed by atoms with E-state index in [0.717, 1.165) is 22.4 Å². The van der Waals surface area contributed by atoms with Gasteiger partial charge >= 0.3 is 0 Å². The van der Waals surface area contributed by atoms with Crippen molar-refractivity contribution in [2.24, 2.45) is 0 Å². The molecule has 0 aliphatic heterocycles. The molecule has 2 nitrogen and oxygen atoms in total. The highest BCUT2D eigenvalue weighted by Gasteiger charge is 2.40. The van der Waals surface area contributed by atoms with Gasteiger partial charge in [0.05, 0.1) is 0 Å². The van der Waals surface area contributed by atoms with Gasteiger partial charge in [0.1, 0.15) is 11.3 Å². The van der Waals surface area contributed by atoms with E-state index in [4.69, 9.17) is 4.42 Å². The smallest absolute Gasteiger partial charge is 0.161 e. The topological polar surface area (TPSA) is 26.0 Å². The van der Waals surface area contributed by atoms with Crippen LogP contribution in [0.4, 0.5) is 0 Å². The molecule has 2 aromatic carbocycles. The standard InChI is InChI=1S/C26H27NO/c1-16-15-19-21(26(4,5)13-12-25(19,2)3)24-20(16)18-11-14-27-22(23(18)28-24)17-9-7-6-8-10-17/h6-11,14-15H,12-13H2,1-5H3. The molecule has 0 bridgehead atoms. The van der Waals surface area contributed by atoms with E-state index in [-0.39, 0.29) is 10.8 Å². The van der Waals surface area contributed by atoms with Crippen molar-refractivity contribution in [2.45, 2.75) is 58.3 Å². The van der Waals surface area contributed by atoms with Crippen LogP contribution in [0.2, 0.25) is 0 Å². The molecule has 0 saturated carbocycles. The van der Waals surface area contributed by atoms with Crippen molar-refractivity contribution in [2.75, 3.05) is 0 Å². The number of aromatic nitrogens is 1. The van der Waals surface area contributed by atoms with Crippen molar-refractivity contribution >= 4 is 21.9 Å². The summed E-state index contributed by atoms with van der Waals surface area (Å²) in [6, 6.07) is 14.9. The molecule has 0 amide bonds. The van der Waals surface area contributed by atoms with Crippen LogP contribution in [0.25, 0.3) is 33.2 Å². The molecular formula is C26H27NO. The summed E-state index contributed by atoms with van der Waals surface area (Å²) < 4.78 is 6.68. The SMILES string of the molecule is Cc1cc2c(c3oc4c(-c5ccccc5)nccc4c13)C(C)(C)CCC2(C)C. The fourth-order valence-corrected chi connectivity index (χ4v) is 4.97. The Labute approximate surface area is 166 Å².